The number of aliphatic hydroxyl groups is 1. The monoisotopic (exact) mass is 326 g/mol. The number of aromatic nitrogens is 2. The summed E-state index contributed by atoms with van der Waals surface area (Å²) >= 11 is 0. The molecule has 3 aromatic rings. The van der Waals surface area contributed by atoms with Crippen LogP contribution < -0.4 is 9.47 Å². The van der Waals surface area contributed by atoms with E-state index in [2.05, 4.69) is 0 Å². The number of fused-ring (bicyclic) bond motifs is 1. The third-order valence-electron chi connectivity index (χ3n) is 4.18. The summed E-state index contributed by atoms with van der Waals surface area (Å²) in [6, 6.07) is 9.60. The number of aryl methyl sites for hydroxylation is 1. The van der Waals surface area contributed by atoms with Crippen LogP contribution in [0, 0.1) is 6.92 Å². The van der Waals surface area contributed by atoms with Crippen LogP contribution in [0.25, 0.3) is 16.9 Å². The SMILES string of the molecule is CCC(O)c1c(-c2cc(OC)ccc2OC)nc2cc(C)ccn12. The molecule has 126 valence electrons. The highest BCUT2D eigenvalue weighted by molar-refractivity contribution is 5.74. The van der Waals surface area contributed by atoms with Crippen molar-refractivity contribution < 1.29 is 14.6 Å². The second-order valence-electron chi connectivity index (χ2n) is 5.77. The Bertz CT molecular complexity index is 870. The lowest BCUT2D eigenvalue weighted by Gasteiger charge is -2.13. The zero-order valence-electron chi connectivity index (χ0n) is 14.4. The molecule has 1 unspecified atom stereocenters. The topological polar surface area (TPSA) is 56.0 Å². The number of pyridine rings is 1. The number of hydrogen-bond acceptors (Lipinski definition) is 4. The first-order chi connectivity index (χ1) is 11.6. The van der Waals surface area contributed by atoms with E-state index >= 15 is 0 Å². The number of ether oxygens (including phenoxy) is 2. The molecule has 0 aliphatic carbocycles. The van der Waals surface area contributed by atoms with E-state index in [1.54, 1.807) is 14.2 Å². The van der Waals surface area contributed by atoms with E-state index in [0.717, 1.165) is 28.2 Å². The molecule has 5 heteroatoms. The van der Waals surface area contributed by atoms with Gasteiger partial charge in [-0.1, -0.05) is 6.92 Å². The molecule has 2 aromatic heterocycles. The summed E-state index contributed by atoms with van der Waals surface area (Å²) in [6.07, 6.45) is 1.93. The highest BCUT2D eigenvalue weighted by Gasteiger charge is 2.22. The van der Waals surface area contributed by atoms with Crippen LogP contribution in [-0.4, -0.2) is 28.7 Å². The van der Waals surface area contributed by atoms with Gasteiger partial charge in [0.05, 0.1) is 31.7 Å². The predicted molar refractivity (Wildman–Crippen MR) is 93.7 cm³/mol. The third-order valence-corrected chi connectivity index (χ3v) is 4.18. The number of hydrogen-bond donors (Lipinski definition) is 1. The number of methoxy groups -OCH3 is 2. The maximum atomic E-state index is 10.6. The molecule has 0 bridgehead atoms. The summed E-state index contributed by atoms with van der Waals surface area (Å²) < 4.78 is 12.8. The van der Waals surface area contributed by atoms with Crippen LogP contribution in [0.2, 0.25) is 0 Å². The summed E-state index contributed by atoms with van der Waals surface area (Å²) in [5, 5.41) is 10.6. The first kappa shape index (κ1) is 16.3. The number of imidazole rings is 1. The Labute approximate surface area is 141 Å². The molecule has 0 amide bonds. The lowest BCUT2D eigenvalue weighted by atomic mass is 10.0. The summed E-state index contributed by atoms with van der Waals surface area (Å²) in [5.41, 5.74) is 4.21. The Morgan fingerprint density at radius 3 is 2.62 bits per heavy atom. The van der Waals surface area contributed by atoms with Gasteiger partial charge >= 0.3 is 0 Å². The molecular weight excluding hydrogens is 304 g/mol. The molecule has 0 aliphatic heterocycles. The fourth-order valence-corrected chi connectivity index (χ4v) is 2.87. The van der Waals surface area contributed by atoms with E-state index in [4.69, 9.17) is 14.5 Å². The molecular formula is C19H22N2O3. The van der Waals surface area contributed by atoms with Crippen LogP contribution in [0.3, 0.4) is 0 Å². The van der Waals surface area contributed by atoms with Crippen molar-refractivity contribution in [2.75, 3.05) is 14.2 Å². The van der Waals surface area contributed by atoms with Crippen molar-refractivity contribution in [1.29, 1.82) is 0 Å². The van der Waals surface area contributed by atoms with E-state index in [9.17, 15) is 5.11 Å². The van der Waals surface area contributed by atoms with Crippen molar-refractivity contribution >= 4 is 5.65 Å². The average molecular weight is 326 g/mol. The van der Waals surface area contributed by atoms with Crippen molar-refractivity contribution in [3.8, 4) is 22.8 Å². The van der Waals surface area contributed by atoms with Gasteiger partial charge in [-0.25, -0.2) is 4.98 Å². The van der Waals surface area contributed by atoms with Gasteiger partial charge in [0.25, 0.3) is 0 Å². The molecule has 2 heterocycles. The second-order valence-corrected chi connectivity index (χ2v) is 5.77. The van der Waals surface area contributed by atoms with Gasteiger partial charge < -0.3 is 19.0 Å². The van der Waals surface area contributed by atoms with Crippen molar-refractivity contribution in [1.82, 2.24) is 9.38 Å². The Morgan fingerprint density at radius 2 is 1.96 bits per heavy atom. The van der Waals surface area contributed by atoms with Gasteiger partial charge in [-0.15, -0.1) is 0 Å². The van der Waals surface area contributed by atoms with Crippen molar-refractivity contribution in [2.45, 2.75) is 26.4 Å². The quantitative estimate of drug-likeness (QED) is 0.775. The number of benzene rings is 1. The molecule has 0 saturated carbocycles. The third kappa shape index (κ3) is 2.71. The first-order valence-corrected chi connectivity index (χ1v) is 7.98. The zero-order chi connectivity index (χ0) is 17.3. The average Bonchev–Trinajstić information content (AvgIpc) is 2.98. The van der Waals surface area contributed by atoms with Gasteiger partial charge in [-0.3, -0.25) is 0 Å². The van der Waals surface area contributed by atoms with Gasteiger partial charge in [0.15, 0.2) is 0 Å². The minimum Gasteiger partial charge on any atom is -0.497 e. The number of nitrogens with zero attached hydrogens (tertiary/aromatic N) is 2. The molecule has 0 spiro atoms. The second kappa shape index (κ2) is 6.53. The minimum absolute atomic E-state index is 0.598. The van der Waals surface area contributed by atoms with E-state index in [-0.39, 0.29) is 0 Å². The summed E-state index contributed by atoms with van der Waals surface area (Å²) in [7, 11) is 3.25. The Morgan fingerprint density at radius 1 is 1.17 bits per heavy atom. The largest absolute Gasteiger partial charge is 0.497 e. The van der Waals surface area contributed by atoms with Gasteiger partial charge in [0.1, 0.15) is 17.1 Å². The van der Waals surface area contributed by atoms with E-state index in [1.165, 1.54) is 0 Å². The van der Waals surface area contributed by atoms with E-state index < -0.39 is 6.10 Å². The summed E-state index contributed by atoms with van der Waals surface area (Å²) in [6.45, 7) is 3.97. The molecule has 5 nitrogen and oxygen atoms in total. The van der Waals surface area contributed by atoms with Gasteiger partial charge in [-0.2, -0.15) is 0 Å². The van der Waals surface area contributed by atoms with Gasteiger partial charge in [0, 0.05) is 11.8 Å². The lowest BCUT2D eigenvalue weighted by molar-refractivity contribution is 0.168. The van der Waals surface area contributed by atoms with Crippen LogP contribution in [0.5, 0.6) is 11.5 Å². The molecule has 0 saturated heterocycles. The molecule has 1 atom stereocenters. The highest BCUT2D eigenvalue weighted by Crippen LogP contribution is 2.38. The van der Waals surface area contributed by atoms with Crippen LogP contribution in [0.1, 0.15) is 30.7 Å². The maximum absolute atomic E-state index is 10.6. The van der Waals surface area contributed by atoms with E-state index in [0.29, 0.717) is 17.9 Å². The maximum Gasteiger partial charge on any atom is 0.138 e. The van der Waals surface area contributed by atoms with Crippen LogP contribution >= 0.6 is 0 Å². The lowest BCUT2D eigenvalue weighted by Crippen LogP contribution is -2.03. The number of aliphatic hydroxyl groups excluding tert-OH is 1. The van der Waals surface area contributed by atoms with Crippen LogP contribution in [0.4, 0.5) is 0 Å². The Balaban J connectivity index is 2.33. The Kier molecular flexibility index (Phi) is 4.44. The molecule has 3 rings (SSSR count). The minimum atomic E-state index is -0.617. The fraction of sp³-hybridized carbons (Fsp3) is 0.316. The molecule has 1 aromatic carbocycles. The van der Waals surface area contributed by atoms with Crippen molar-refractivity contribution in [2.24, 2.45) is 0 Å². The molecule has 0 fully saturated rings. The highest BCUT2D eigenvalue weighted by atomic mass is 16.5. The first-order valence-electron chi connectivity index (χ1n) is 7.98. The molecule has 1 N–H and O–H groups in total. The van der Waals surface area contributed by atoms with Crippen molar-refractivity contribution in [3.05, 3.63) is 47.8 Å². The van der Waals surface area contributed by atoms with Crippen LogP contribution in [0.15, 0.2) is 36.5 Å². The van der Waals surface area contributed by atoms with Gasteiger partial charge in [-0.05, 0) is 49.2 Å². The van der Waals surface area contributed by atoms with Crippen LogP contribution in [-0.2, 0) is 0 Å². The zero-order valence-corrected chi connectivity index (χ0v) is 14.4. The predicted octanol–water partition coefficient (Wildman–Crippen LogP) is 3.77. The molecule has 0 aliphatic rings. The van der Waals surface area contributed by atoms with Gasteiger partial charge in [0.2, 0.25) is 0 Å². The van der Waals surface area contributed by atoms with Crippen molar-refractivity contribution in [3.63, 3.8) is 0 Å². The normalized spacial score (nSPS) is 12.4. The van der Waals surface area contributed by atoms with E-state index in [1.807, 2.05) is 54.8 Å². The molecule has 0 radical (unpaired) electrons. The summed E-state index contributed by atoms with van der Waals surface area (Å²) in [5.74, 6) is 1.41. The Hall–Kier alpha value is -2.53. The summed E-state index contributed by atoms with van der Waals surface area (Å²) in [4.78, 5) is 4.76. The number of rotatable bonds is 5. The smallest absolute Gasteiger partial charge is 0.138 e. The molecule has 24 heavy (non-hydrogen) atoms. The standard InChI is InChI=1S/C19H22N2O3/c1-5-15(22)19-18(20-17-10-12(2)8-9-21(17)19)14-11-13(23-3)6-7-16(14)24-4/h6-11,15,22H,5H2,1-4H3. The fourth-order valence-electron chi connectivity index (χ4n) is 2.87.